The van der Waals surface area contributed by atoms with Gasteiger partial charge >= 0.3 is 0 Å². The van der Waals surface area contributed by atoms with E-state index in [-0.39, 0.29) is 0 Å². The molecule has 4 rings (SSSR count). The van der Waals surface area contributed by atoms with E-state index in [1.807, 2.05) is 0 Å². The van der Waals surface area contributed by atoms with E-state index < -0.39 is 0 Å². The van der Waals surface area contributed by atoms with E-state index in [4.69, 9.17) is 5.10 Å². The third-order valence-electron chi connectivity index (χ3n) is 6.01. The van der Waals surface area contributed by atoms with Crippen LogP contribution in [0.15, 0.2) is 6.07 Å². The zero-order valence-electron chi connectivity index (χ0n) is 13.2. The molecule has 1 aromatic heterocycles. The Morgan fingerprint density at radius 2 is 1.76 bits per heavy atom. The van der Waals surface area contributed by atoms with Gasteiger partial charge in [-0.1, -0.05) is 44.9 Å². The van der Waals surface area contributed by atoms with E-state index in [1.54, 1.807) is 0 Å². The summed E-state index contributed by atoms with van der Waals surface area (Å²) in [5.41, 5.74) is 1.34. The van der Waals surface area contributed by atoms with Crippen molar-refractivity contribution in [3.8, 4) is 0 Å². The molecule has 1 N–H and O–H groups in total. The molecule has 0 saturated heterocycles. The summed E-state index contributed by atoms with van der Waals surface area (Å²) in [6.07, 6.45) is 15.3. The fraction of sp³-hybridized carbons (Fsp3) is 0.833. The second kappa shape index (κ2) is 6.02. The maximum absolute atomic E-state index is 5.03. The number of nitrogens with zero attached hydrogens (tertiary/aromatic N) is 2. The molecule has 0 radical (unpaired) electrons. The second-order valence-electron chi connectivity index (χ2n) is 7.50. The number of anilines is 1. The summed E-state index contributed by atoms with van der Waals surface area (Å²) in [7, 11) is 0. The van der Waals surface area contributed by atoms with Crippen LogP contribution in [-0.2, 0) is 6.42 Å². The van der Waals surface area contributed by atoms with Crippen LogP contribution in [0.1, 0.15) is 75.9 Å². The molecule has 3 nitrogen and oxygen atoms in total. The molecule has 3 aliphatic rings. The van der Waals surface area contributed by atoms with Crippen molar-refractivity contribution in [2.45, 2.75) is 76.7 Å². The van der Waals surface area contributed by atoms with Crippen molar-refractivity contribution in [1.29, 1.82) is 0 Å². The van der Waals surface area contributed by atoms with Gasteiger partial charge in [0.15, 0.2) is 0 Å². The standard InChI is InChI=1S/C18H29N3/c1-2-6-14(7-3-1)12-16-13-18-19-11-10-17(21(18)20-16)15-8-4-5-9-15/h13-15,17,19H,1-12H2. The highest BCUT2D eigenvalue weighted by molar-refractivity contribution is 5.39. The minimum absolute atomic E-state index is 0.670. The lowest BCUT2D eigenvalue weighted by Crippen LogP contribution is -2.28. The van der Waals surface area contributed by atoms with Crippen LogP contribution in [0, 0.1) is 11.8 Å². The maximum atomic E-state index is 5.03. The molecule has 1 aromatic rings. The van der Waals surface area contributed by atoms with E-state index in [0.717, 1.165) is 18.4 Å². The van der Waals surface area contributed by atoms with E-state index in [9.17, 15) is 0 Å². The molecule has 21 heavy (non-hydrogen) atoms. The summed E-state index contributed by atoms with van der Waals surface area (Å²) in [5, 5.41) is 8.60. The average Bonchev–Trinajstić information content (AvgIpc) is 3.16. The molecule has 0 aromatic carbocycles. The number of fused-ring (bicyclic) bond motifs is 1. The average molecular weight is 287 g/mol. The summed E-state index contributed by atoms with van der Waals surface area (Å²) in [6, 6.07) is 3.01. The van der Waals surface area contributed by atoms with Gasteiger partial charge in [0.05, 0.1) is 11.7 Å². The van der Waals surface area contributed by atoms with Crippen molar-refractivity contribution < 1.29 is 0 Å². The fourth-order valence-corrected chi connectivity index (χ4v) is 4.86. The van der Waals surface area contributed by atoms with Crippen LogP contribution in [0.5, 0.6) is 0 Å². The molecule has 0 spiro atoms. The van der Waals surface area contributed by atoms with E-state index >= 15 is 0 Å². The summed E-state index contributed by atoms with van der Waals surface area (Å²) >= 11 is 0. The molecule has 3 heteroatoms. The highest BCUT2D eigenvalue weighted by Crippen LogP contribution is 2.39. The number of hydrogen-bond donors (Lipinski definition) is 1. The first-order chi connectivity index (χ1) is 10.4. The molecule has 0 amide bonds. The van der Waals surface area contributed by atoms with Gasteiger partial charge in [-0.2, -0.15) is 5.10 Å². The van der Waals surface area contributed by atoms with Gasteiger partial charge in [-0.15, -0.1) is 0 Å². The normalized spacial score (nSPS) is 27.5. The Labute approximate surface area is 128 Å². The summed E-state index contributed by atoms with van der Waals surface area (Å²) < 4.78 is 2.36. The first-order valence-corrected chi connectivity index (χ1v) is 9.22. The Kier molecular flexibility index (Phi) is 3.91. The lowest BCUT2D eigenvalue weighted by Gasteiger charge is -2.30. The number of rotatable bonds is 3. The summed E-state index contributed by atoms with van der Waals surface area (Å²) in [5.74, 6) is 3.07. The lowest BCUT2D eigenvalue weighted by atomic mass is 9.86. The van der Waals surface area contributed by atoms with Gasteiger partial charge in [0.25, 0.3) is 0 Å². The number of nitrogens with one attached hydrogen (secondary N) is 1. The zero-order chi connectivity index (χ0) is 14.1. The van der Waals surface area contributed by atoms with Crippen LogP contribution in [-0.4, -0.2) is 16.3 Å². The van der Waals surface area contributed by atoms with Crippen LogP contribution in [0.25, 0.3) is 0 Å². The molecule has 2 fully saturated rings. The number of aromatic nitrogens is 2. The molecule has 1 atom stereocenters. The Morgan fingerprint density at radius 3 is 2.57 bits per heavy atom. The van der Waals surface area contributed by atoms with Crippen molar-refractivity contribution in [3.63, 3.8) is 0 Å². The van der Waals surface area contributed by atoms with Gasteiger partial charge in [0, 0.05) is 12.6 Å². The predicted molar refractivity (Wildman–Crippen MR) is 86.6 cm³/mol. The van der Waals surface area contributed by atoms with Crippen LogP contribution in [0.2, 0.25) is 0 Å². The maximum Gasteiger partial charge on any atom is 0.124 e. The van der Waals surface area contributed by atoms with Gasteiger partial charge in [0.1, 0.15) is 5.82 Å². The molecule has 2 heterocycles. The number of hydrogen-bond acceptors (Lipinski definition) is 2. The fourth-order valence-electron chi connectivity index (χ4n) is 4.86. The first kappa shape index (κ1) is 13.7. The molecular formula is C18H29N3. The molecule has 1 unspecified atom stereocenters. The van der Waals surface area contributed by atoms with Gasteiger partial charge in [0.2, 0.25) is 0 Å². The SMILES string of the molecule is c1c(CC2CCCCC2)nn2c1NCCC2C1CCCC1. The summed E-state index contributed by atoms with van der Waals surface area (Å²) in [4.78, 5) is 0. The molecule has 116 valence electrons. The van der Waals surface area contributed by atoms with Gasteiger partial charge in [-0.3, -0.25) is 0 Å². The molecule has 2 aliphatic carbocycles. The topological polar surface area (TPSA) is 29.9 Å². The predicted octanol–water partition coefficient (Wildman–Crippen LogP) is 4.55. The third-order valence-corrected chi connectivity index (χ3v) is 6.01. The van der Waals surface area contributed by atoms with Gasteiger partial charge < -0.3 is 5.32 Å². The Bertz CT molecular complexity index is 467. The largest absolute Gasteiger partial charge is 0.370 e. The van der Waals surface area contributed by atoms with Crippen LogP contribution in [0.3, 0.4) is 0 Å². The first-order valence-electron chi connectivity index (χ1n) is 9.22. The Balaban J connectivity index is 1.50. The van der Waals surface area contributed by atoms with Crippen molar-refractivity contribution in [1.82, 2.24) is 9.78 Å². The van der Waals surface area contributed by atoms with E-state index in [0.29, 0.717) is 6.04 Å². The minimum atomic E-state index is 0.670. The van der Waals surface area contributed by atoms with Crippen molar-refractivity contribution in [2.75, 3.05) is 11.9 Å². The molecule has 1 aliphatic heterocycles. The van der Waals surface area contributed by atoms with E-state index in [2.05, 4.69) is 16.1 Å². The lowest BCUT2D eigenvalue weighted by molar-refractivity contribution is 0.287. The monoisotopic (exact) mass is 287 g/mol. The zero-order valence-corrected chi connectivity index (χ0v) is 13.2. The Hall–Kier alpha value is -0.990. The van der Waals surface area contributed by atoms with Crippen LogP contribution >= 0.6 is 0 Å². The van der Waals surface area contributed by atoms with Gasteiger partial charge in [-0.25, -0.2) is 4.68 Å². The van der Waals surface area contributed by atoms with Crippen molar-refractivity contribution in [2.24, 2.45) is 11.8 Å². The smallest absolute Gasteiger partial charge is 0.124 e. The Morgan fingerprint density at radius 1 is 1.00 bits per heavy atom. The highest BCUT2D eigenvalue weighted by Gasteiger charge is 2.31. The van der Waals surface area contributed by atoms with Crippen LogP contribution in [0.4, 0.5) is 5.82 Å². The minimum Gasteiger partial charge on any atom is -0.370 e. The quantitative estimate of drug-likeness (QED) is 0.883. The second-order valence-corrected chi connectivity index (χ2v) is 7.50. The van der Waals surface area contributed by atoms with Crippen molar-refractivity contribution >= 4 is 5.82 Å². The third kappa shape index (κ3) is 2.84. The molecular weight excluding hydrogens is 258 g/mol. The highest BCUT2D eigenvalue weighted by atomic mass is 15.4. The van der Waals surface area contributed by atoms with Crippen molar-refractivity contribution in [3.05, 3.63) is 11.8 Å². The summed E-state index contributed by atoms with van der Waals surface area (Å²) in [6.45, 7) is 1.13. The molecule has 2 saturated carbocycles. The van der Waals surface area contributed by atoms with E-state index in [1.165, 1.54) is 82.1 Å². The van der Waals surface area contributed by atoms with Gasteiger partial charge in [-0.05, 0) is 37.5 Å². The van der Waals surface area contributed by atoms with Crippen LogP contribution < -0.4 is 5.32 Å². The molecule has 0 bridgehead atoms.